The third-order valence-corrected chi connectivity index (χ3v) is 2.32. The van der Waals surface area contributed by atoms with Crippen molar-refractivity contribution < 1.29 is 32.3 Å². The Hall–Kier alpha value is -1.54. The Labute approximate surface area is 93.2 Å². The summed E-state index contributed by atoms with van der Waals surface area (Å²) in [5.74, 6) is -5.62. The molecule has 0 spiro atoms. The Kier molecular flexibility index (Phi) is 3.48. The Balaban J connectivity index is 2.39. The molecule has 1 rings (SSSR count). The maximum Gasteiger partial charge on any atom is 0.329 e. The third-order valence-electron chi connectivity index (χ3n) is 2.32. The highest BCUT2D eigenvalue weighted by atomic mass is 19.3. The zero-order valence-electron chi connectivity index (χ0n) is 8.47. The lowest BCUT2D eigenvalue weighted by molar-refractivity contribution is -0.140. The van der Waals surface area contributed by atoms with E-state index >= 15 is 0 Å². The minimum absolute atomic E-state index is 0.182. The Bertz CT molecular complexity index is 331. The topological polar surface area (TPSA) is 78.4 Å². The van der Waals surface area contributed by atoms with Gasteiger partial charge >= 0.3 is 24.3 Å². The molecule has 9 heteroatoms. The first-order chi connectivity index (χ1) is 7.69. The molecule has 0 aromatic heterocycles. The molecule has 1 fully saturated rings. The molecule has 0 bridgehead atoms. The summed E-state index contributed by atoms with van der Waals surface area (Å²) in [6, 6.07) is -1.20. The Morgan fingerprint density at radius 2 is 1.88 bits per heavy atom. The van der Waals surface area contributed by atoms with Gasteiger partial charge in [0, 0.05) is 0 Å². The number of carboxylic acid groups (broad SMARTS) is 1. The number of amides is 2. The first-order valence-corrected chi connectivity index (χ1v) is 4.65. The van der Waals surface area contributed by atoms with Crippen molar-refractivity contribution in [1.29, 1.82) is 0 Å². The van der Waals surface area contributed by atoms with Crippen LogP contribution in [0.4, 0.5) is 22.4 Å². The number of hydrogen-bond donors (Lipinski definition) is 3. The molecule has 0 aromatic rings. The molecule has 0 saturated heterocycles. The number of carboxylic acids is 1. The minimum Gasteiger partial charge on any atom is -0.480 e. The molecule has 0 heterocycles. The molecule has 0 unspecified atom stereocenters. The van der Waals surface area contributed by atoms with Crippen molar-refractivity contribution in [2.45, 2.75) is 30.7 Å². The van der Waals surface area contributed by atoms with Crippen molar-refractivity contribution in [3.63, 3.8) is 0 Å². The predicted octanol–water partition coefficient (Wildman–Crippen LogP) is 0.803. The lowest BCUT2D eigenvalue weighted by Crippen LogP contribution is -2.51. The molecule has 1 aliphatic rings. The molecule has 0 radical (unpaired) electrons. The quantitative estimate of drug-likeness (QED) is 0.638. The summed E-state index contributed by atoms with van der Waals surface area (Å²) in [5.41, 5.74) is -1.44. The second-order valence-corrected chi connectivity index (χ2v) is 3.76. The van der Waals surface area contributed by atoms with E-state index < -0.39 is 36.4 Å². The summed E-state index contributed by atoms with van der Waals surface area (Å²) in [6.07, 6.45) is -3.53. The number of carbonyl (C=O) groups is 2. The van der Waals surface area contributed by atoms with Crippen LogP contribution in [0.5, 0.6) is 0 Å². The van der Waals surface area contributed by atoms with Gasteiger partial charge in [0.1, 0.15) is 5.54 Å². The number of carbonyl (C=O) groups excluding carboxylic acids is 1. The molecule has 17 heavy (non-hydrogen) atoms. The van der Waals surface area contributed by atoms with E-state index in [0.29, 0.717) is 0 Å². The molecule has 3 N–H and O–H groups in total. The first kappa shape index (κ1) is 13.5. The van der Waals surface area contributed by atoms with Crippen LogP contribution in [-0.4, -0.2) is 41.5 Å². The van der Waals surface area contributed by atoms with E-state index in [4.69, 9.17) is 5.11 Å². The van der Waals surface area contributed by atoms with Crippen molar-refractivity contribution in [2.24, 2.45) is 0 Å². The van der Waals surface area contributed by atoms with Gasteiger partial charge < -0.3 is 15.7 Å². The molecular weight excluding hydrogens is 248 g/mol. The summed E-state index contributed by atoms with van der Waals surface area (Å²) in [6.45, 7) is -1.55. The zero-order chi connectivity index (χ0) is 13.3. The van der Waals surface area contributed by atoms with Crippen molar-refractivity contribution in [1.82, 2.24) is 10.6 Å². The molecule has 0 atom stereocenters. The maximum absolute atomic E-state index is 12.4. The highest BCUT2D eigenvalue weighted by Crippen LogP contribution is 2.35. The summed E-state index contributed by atoms with van der Waals surface area (Å²) in [4.78, 5) is 21.6. The number of hydrogen-bond acceptors (Lipinski definition) is 2. The van der Waals surface area contributed by atoms with Gasteiger partial charge in [0.15, 0.2) is 0 Å². The van der Waals surface area contributed by atoms with Gasteiger partial charge in [-0.05, 0) is 12.8 Å². The molecule has 5 nitrogen and oxygen atoms in total. The maximum atomic E-state index is 12.4. The van der Waals surface area contributed by atoms with Crippen LogP contribution in [0.3, 0.4) is 0 Å². The molecule has 0 aromatic carbocycles. The number of rotatable bonds is 5. The lowest BCUT2D eigenvalue weighted by Gasteiger charge is -2.17. The van der Waals surface area contributed by atoms with E-state index in [1.165, 1.54) is 5.32 Å². The fraction of sp³-hybridized carbons (Fsp3) is 0.750. The Morgan fingerprint density at radius 3 is 2.24 bits per heavy atom. The van der Waals surface area contributed by atoms with Crippen LogP contribution in [0.15, 0.2) is 0 Å². The van der Waals surface area contributed by atoms with Crippen LogP contribution in [0.25, 0.3) is 0 Å². The molecule has 1 aliphatic carbocycles. The number of aliphatic carboxylic acids is 1. The van der Waals surface area contributed by atoms with E-state index in [2.05, 4.69) is 0 Å². The van der Waals surface area contributed by atoms with E-state index in [-0.39, 0.29) is 12.8 Å². The standard InChI is InChI=1S/C8H10F4N2O3/c9-4(10)8(11,12)3-13-6(17)14-7(1-2-7)5(15)16/h4H,1-3H2,(H,15,16)(H2,13,14,17). The first-order valence-electron chi connectivity index (χ1n) is 4.65. The smallest absolute Gasteiger partial charge is 0.329 e. The van der Waals surface area contributed by atoms with Crippen LogP contribution in [-0.2, 0) is 4.79 Å². The summed E-state index contributed by atoms with van der Waals surface area (Å²) in [7, 11) is 0. The monoisotopic (exact) mass is 258 g/mol. The number of alkyl halides is 4. The fourth-order valence-corrected chi connectivity index (χ4v) is 1.05. The molecule has 0 aliphatic heterocycles. The van der Waals surface area contributed by atoms with Crippen molar-refractivity contribution in [3.8, 4) is 0 Å². The van der Waals surface area contributed by atoms with Crippen molar-refractivity contribution in [3.05, 3.63) is 0 Å². The van der Waals surface area contributed by atoms with E-state index in [9.17, 15) is 27.2 Å². The van der Waals surface area contributed by atoms with Crippen LogP contribution in [0.2, 0.25) is 0 Å². The zero-order valence-corrected chi connectivity index (χ0v) is 8.47. The molecule has 98 valence electrons. The molecular formula is C8H10F4N2O3. The molecule has 2 amide bonds. The number of nitrogens with one attached hydrogen (secondary N) is 2. The SMILES string of the molecule is O=C(NCC(F)(F)C(F)F)NC1(C(=O)O)CC1. The Morgan fingerprint density at radius 1 is 1.35 bits per heavy atom. The summed E-state index contributed by atoms with van der Waals surface area (Å²) < 4.78 is 48.3. The van der Waals surface area contributed by atoms with Gasteiger partial charge in [-0.15, -0.1) is 0 Å². The largest absolute Gasteiger partial charge is 0.480 e. The average Bonchev–Trinajstić information content (AvgIpc) is 2.96. The van der Waals surface area contributed by atoms with E-state index in [0.717, 1.165) is 0 Å². The normalized spacial score (nSPS) is 17.7. The minimum atomic E-state index is -4.34. The van der Waals surface area contributed by atoms with Crippen LogP contribution < -0.4 is 10.6 Å². The van der Waals surface area contributed by atoms with E-state index in [1.54, 1.807) is 0 Å². The number of urea groups is 1. The van der Waals surface area contributed by atoms with Gasteiger partial charge in [0.2, 0.25) is 0 Å². The van der Waals surface area contributed by atoms with Gasteiger partial charge in [0.05, 0.1) is 6.54 Å². The molecule has 1 saturated carbocycles. The van der Waals surface area contributed by atoms with Crippen molar-refractivity contribution >= 4 is 12.0 Å². The summed E-state index contributed by atoms with van der Waals surface area (Å²) in [5, 5.41) is 12.1. The fourth-order valence-electron chi connectivity index (χ4n) is 1.05. The van der Waals surface area contributed by atoms with Gasteiger partial charge in [-0.25, -0.2) is 18.4 Å². The van der Waals surface area contributed by atoms with Gasteiger partial charge in [-0.2, -0.15) is 8.78 Å². The average molecular weight is 258 g/mol. The third kappa shape index (κ3) is 3.21. The second kappa shape index (κ2) is 4.38. The van der Waals surface area contributed by atoms with Gasteiger partial charge in [0.25, 0.3) is 0 Å². The predicted molar refractivity (Wildman–Crippen MR) is 47.1 cm³/mol. The summed E-state index contributed by atoms with van der Waals surface area (Å²) >= 11 is 0. The van der Waals surface area contributed by atoms with Crippen LogP contribution >= 0.6 is 0 Å². The number of halogens is 4. The lowest BCUT2D eigenvalue weighted by atomic mass is 10.3. The van der Waals surface area contributed by atoms with Crippen molar-refractivity contribution in [2.75, 3.05) is 6.54 Å². The second-order valence-electron chi connectivity index (χ2n) is 3.76. The van der Waals surface area contributed by atoms with Crippen LogP contribution in [0.1, 0.15) is 12.8 Å². The highest BCUT2D eigenvalue weighted by molar-refractivity contribution is 5.88. The highest BCUT2D eigenvalue weighted by Gasteiger charge is 2.52. The van der Waals surface area contributed by atoms with Gasteiger partial charge in [-0.3, -0.25) is 0 Å². The van der Waals surface area contributed by atoms with Crippen LogP contribution in [0, 0.1) is 0 Å². The van der Waals surface area contributed by atoms with Gasteiger partial charge in [-0.1, -0.05) is 0 Å². The van der Waals surface area contributed by atoms with E-state index in [1.807, 2.05) is 5.32 Å².